The highest BCUT2D eigenvalue weighted by Gasteiger charge is 2.27. The van der Waals surface area contributed by atoms with Crippen molar-refractivity contribution in [2.45, 2.75) is 6.61 Å². The number of alkyl halides is 2. The highest BCUT2D eigenvalue weighted by Crippen LogP contribution is 2.39. The Balaban J connectivity index is 2.00. The Kier molecular flexibility index (Phi) is 5.96. The van der Waals surface area contributed by atoms with Crippen molar-refractivity contribution in [1.82, 2.24) is 0 Å². The summed E-state index contributed by atoms with van der Waals surface area (Å²) >= 11 is 0. The van der Waals surface area contributed by atoms with E-state index >= 15 is 0 Å². The highest BCUT2D eigenvalue weighted by atomic mass is 19.3. The molecule has 9 heteroatoms. The topological polar surface area (TPSA) is 75.6 Å². The number of para-hydroxylation sites is 1. The van der Waals surface area contributed by atoms with E-state index in [4.69, 9.17) is 18.9 Å². The van der Waals surface area contributed by atoms with E-state index in [0.717, 1.165) is 0 Å². The van der Waals surface area contributed by atoms with Gasteiger partial charge in [-0.25, -0.2) is 9.79 Å². The summed E-state index contributed by atoms with van der Waals surface area (Å²) in [6.07, 6.45) is 1.31. The molecule has 0 N–H and O–H groups in total. The summed E-state index contributed by atoms with van der Waals surface area (Å²) in [5.74, 6) is 0.271. The number of hydrogen-bond acceptors (Lipinski definition) is 7. The summed E-state index contributed by atoms with van der Waals surface area (Å²) in [7, 11) is 4.37. The van der Waals surface area contributed by atoms with Crippen LogP contribution in [0.2, 0.25) is 0 Å². The van der Waals surface area contributed by atoms with Gasteiger partial charge in [-0.3, -0.25) is 0 Å². The van der Waals surface area contributed by atoms with Crippen molar-refractivity contribution in [2.24, 2.45) is 4.99 Å². The lowest BCUT2D eigenvalue weighted by Crippen LogP contribution is -2.07. The van der Waals surface area contributed by atoms with Crippen LogP contribution in [0, 0.1) is 0 Å². The lowest BCUT2D eigenvalue weighted by atomic mass is 10.1. The number of halogens is 2. The van der Waals surface area contributed by atoms with Crippen LogP contribution in [0.1, 0.15) is 11.1 Å². The van der Waals surface area contributed by atoms with Crippen LogP contribution in [0.3, 0.4) is 0 Å². The molecule has 0 aromatic heterocycles. The van der Waals surface area contributed by atoms with E-state index in [2.05, 4.69) is 9.73 Å². The fraction of sp³-hybridized carbons (Fsp3) is 0.200. The molecule has 0 unspecified atom stereocenters. The van der Waals surface area contributed by atoms with E-state index in [1.165, 1.54) is 45.6 Å². The third-order valence-corrected chi connectivity index (χ3v) is 3.96. The molecule has 1 aliphatic heterocycles. The molecule has 29 heavy (non-hydrogen) atoms. The fourth-order valence-corrected chi connectivity index (χ4v) is 2.69. The second-order valence-electron chi connectivity index (χ2n) is 5.67. The summed E-state index contributed by atoms with van der Waals surface area (Å²) in [4.78, 5) is 16.4. The fourth-order valence-electron chi connectivity index (χ4n) is 2.69. The maximum Gasteiger partial charge on any atom is 0.387 e. The molecule has 0 fully saturated rings. The Morgan fingerprint density at radius 2 is 1.66 bits per heavy atom. The molecule has 0 spiro atoms. The molecule has 0 aliphatic carbocycles. The summed E-state index contributed by atoms with van der Waals surface area (Å²) in [5, 5.41) is 0. The number of nitrogens with zero attached hydrogens (tertiary/aromatic N) is 1. The van der Waals surface area contributed by atoms with Gasteiger partial charge in [0.1, 0.15) is 5.75 Å². The Labute approximate surface area is 165 Å². The SMILES string of the molecule is COc1cc(C2=NC(=Cc3ccccc3OC(F)F)C(=O)O2)cc(OC)c1OC. The number of rotatable bonds is 7. The molecule has 0 saturated carbocycles. The van der Waals surface area contributed by atoms with E-state index in [-0.39, 0.29) is 22.9 Å². The summed E-state index contributed by atoms with van der Waals surface area (Å²) in [5.41, 5.74) is 0.599. The van der Waals surface area contributed by atoms with Crippen molar-refractivity contribution in [1.29, 1.82) is 0 Å². The third kappa shape index (κ3) is 4.29. The number of aliphatic imine (C=N–C) groups is 1. The first-order valence-corrected chi connectivity index (χ1v) is 8.33. The first-order valence-electron chi connectivity index (χ1n) is 8.33. The average Bonchev–Trinajstić information content (AvgIpc) is 3.08. The summed E-state index contributed by atoms with van der Waals surface area (Å²) < 4.78 is 50.7. The molecular weight excluding hydrogens is 388 g/mol. The molecule has 3 rings (SSSR count). The maximum absolute atomic E-state index is 12.6. The third-order valence-electron chi connectivity index (χ3n) is 3.96. The molecular formula is C20H17F2NO6. The largest absolute Gasteiger partial charge is 0.493 e. The van der Waals surface area contributed by atoms with Crippen molar-refractivity contribution < 1.29 is 37.3 Å². The molecule has 0 amide bonds. The zero-order valence-electron chi connectivity index (χ0n) is 15.8. The van der Waals surface area contributed by atoms with Crippen LogP contribution in [0.5, 0.6) is 23.0 Å². The van der Waals surface area contributed by atoms with Crippen LogP contribution in [0.4, 0.5) is 8.78 Å². The molecule has 0 atom stereocenters. The molecule has 7 nitrogen and oxygen atoms in total. The van der Waals surface area contributed by atoms with Gasteiger partial charge in [0, 0.05) is 11.1 Å². The van der Waals surface area contributed by atoms with Gasteiger partial charge in [-0.2, -0.15) is 8.78 Å². The van der Waals surface area contributed by atoms with Gasteiger partial charge in [-0.05, 0) is 24.3 Å². The van der Waals surface area contributed by atoms with Gasteiger partial charge in [-0.15, -0.1) is 0 Å². The number of esters is 1. The zero-order valence-corrected chi connectivity index (χ0v) is 15.8. The molecule has 1 heterocycles. The van der Waals surface area contributed by atoms with Crippen molar-refractivity contribution >= 4 is 17.9 Å². The first kappa shape index (κ1) is 20.1. The van der Waals surface area contributed by atoms with Gasteiger partial charge < -0.3 is 23.7 Å². The Morgan fingerprint density at radius 3 is 2.24 bits per heavy atom. The predicted molar refractivity (Wildman–Crippen MR) is 99.8 cm³/mol. The smallest absolute Gasteiger partial charge is 0.387 e. The minimum absolute atomic E-state index is 0.00719. The van der Waals surface area contributed by atoms with Gasteiger partial charge in [0.15, 0.2) is 17.2 Å². The standard InChI is InChI=1S/C20H17F2NO6/c1-25-15-9-12(10-16(26-2)17(15)27-3)18-23-13(19(24)29-18)8-11-6-4-5-7-14(11)28-20(21)22/h4-10,20H,1-3H3. The molecule has 1 aliphatic rings. The second kappa shape index (κ2) is 8.59. The minimum Gasteiger partial charge on any atom is -0.493 e. The number of carbonyl (C=O) groups excluding carboxylic acids is 1. The highest BCUT2D eigenvalue weighted by molar-refractivity contribution is 6.13. The summed E-state index contributed by atoms with van der Waals surface area (Å²) in [6, 6.07) is 9.19. The lowest BCUT2D eigenvalue weighted by molar-refractivity contribution is -0.129. The van der Waals surface area contributed by atoms with Crippen LogP contribution in [0.15, 0.2) is 47.1 Å². The second-order valence-corrected chi connectivity index (χ2v) is 5.67. The van der Waals surface area contributed by atoms with Crippen molar-refractivity contribution in [3.63, 3.8) is 0 Å². The van der Waals surface area contributed by atoms with E-state index in [0.29, 0.717) is 22.8 Å². The van der Waals surface area contributed by atoms with E-state index < -0.39 is 12.6 Å². The number of methoxy groups -OCH3 is 3. The monoisotopic (exact) mass is 405 g/mol. The number of benzene rings is 2. The quantitative estimate of drug-likeness (QED) is 0.517. The Hall–Kier alpha value is -3.62. The number of carbonyl (C=O) groups is 1. The van der Waals surface area contributed by atoms with Crippen molar-refractivity contribution in [3.05, 3.63) is 53.2 Å². The van der Waals surface area contributed by atoms with E-state index in [9.17, 15) is 13.6 Å². The maximum atomic E-state index is 12.6. The van der Waals surface area contributed by atoms with Crippen molar-refractivity contribution in [3.8, 4) is 23.0 Å². The normalized spacial score (nSPS) is 14.6. The van der Waals surface area contributed by atoms with Gasteiger partial charge in [0.2, 0.25) is 11.6 Å². The van der Waals surface area contributed by atoms with Gasteiger partial charge >= 0.3 is 12.6 Å². The molecule has 2 aromatic rings. The van der Waals surface area contributed by atoms with Gasteiger partial charge in [-0.1, -0.05) is 18.2 Å². The molecule has 2 aromatic carbocycles. The van der Waals surface area contributed by atoms with Crippen molar-refractivity contribution in [2.75, 3.05) is 21.3 Å². The van der Waals surface area contributed by atoms with Gasteiger partial charge in [0.05, 0.1) is 21.3 Å². The minimum atomic E-state index is -3.00. The zero-order chi connectivity index (χ0) is 21.0. The van der Waals surface area contributed by atoms with Crippen LogP contribution >= 0.6 is 0 Å². The Bertz CT molecular complexity index is 962. The Morgan fingerprint density at radius 1 is 1.00 bits per heavy atom. The lowest BCUT2D eigenvalue weighted by Gasteiger charge is -2.13. The molecule has 0 bridgehead atoms. The first-order chi connectivity index (χ1) is 14.0. The number of hydrogen-bond donors (Lipinski definition) is 0. The number of ether oxygens (including phenoxy) is 5. The van der Waals surface area contributed by atoms with E-state index in [1.54, 1.807) is 18.2 Å². The summed E-state index contributed by atoms with van der Waals surface area (Å²) in [6.45, 7) is -3.00. The van der Waals surface area contributed by atoms with Crippen LogP contribution < -0.4 is 18.9 Å². The average molecular weight is 405 g/mol. The van der Waals surface area contributed by atoms with Crippen LogP contribution in [-0.2, 0) is 9.53 Å². The molecule has 0 saturated heterocycles. The molecule has 0 radical (unpaired) electrons. The van der Waals surface area contributed by atoms with Gasteiger partial charge in [0.25, 0.3) is 0 Å². The predicted octanol–water partition coefficient (Wildman–Crippen LogP) is 3.66. The number of cyclic esters (lactones) is 1. The molecule has 152 valence electrons. The van der Waals surface area contributed by atoms with Crippen LogP contribution in [-0.4, -0.2) is 39.8 Å². The van der Waals surface area contributed by atoms with E-state index in [1.807, 2.05) is 0 Å². The van der Waals surface area contributed by atoms with Crippen LogP contribution in [0.25, 0.3) is 6.08 Å².